The van der Waals surface area contributed by atoms with Gasteiger partial charge in [-0.05, 0) is 24.0 Å². The average Bonchev–Trinajstić information content (AvgIpc) is 2.81. The molecule has 1 aromatic heterocycles. The van der Waals surface area contributed by atoms with Gasteiger partial charge in [-0.15, -0.1) is 0 Å². The van der Waals surface area contributed by atoms with E-state index in [2.05, 4.69) is 22.3 Å². The van der Waals surface area contributed by atoms with Crippen molar-refractivity contribution in [2.45, 2.75) is 32.0 Å². The summed E-state index contributed by atoms with van der Waals surface area (Å²) in [7, 11) is 0. The van der Waals surface area contributed by atoms with Gasteiger partial charge in [0.1, 0.15) is 12.9 Å². The zero-order chi connectivity index (χ0) is 21.5. The minimum absolute atomic E-state index is 0.00350. The molecule has 2 aromatic carbocycles. The van der Waals surface area contributed by atoms with E-state index in [1.807, 2.05) is 48.5 Å². The molecular formula is C25H26N2O4. The monoisotopic (exact) mass is 418 g/mol. The van der Waals surface area contributed by atoms with Gasteiger partial charge in [0.2, 0.25) is 11.2 Å². The highest BCUT2D eigenvalue weighted by Crippen LogP contribution is 2.15. The van der Waals surface area contributed by atoms with Gasteiger partial charge in [0.05, 0.1) is 0 Å². The Kier molecular flexibility index (Phi) is 6.79. The Bertz CT molecular complexity index is 1040. The molecule has 1 fully saturated rings. The van der Waals surface area contributed by atoms with Crippen molar-refractivity contribution >= 4 is 5.91 Å². The SMILES string of the molecule is O=C(NC1CCN(Cc2ccccc2)CC1)c1cc(=O)c(OCc2ccccc2)co1. The maximum Gasteiger partial charge on any atom is 0.287 e. The van der Waals surface area contributed by atoms with Crippen molar-refractivity contribution in [1.29, 1.82) is 0 Å². The number of piperidine rings is 1. The molecule has 1 N–H and O–H groups in total. The Labute approximate surface area is 181 Å². The molecule has 3 aromatic rings. The predicted octanol–water partition coefficient (Wildman–Crippen LogP) is 3.61. The van der Waals surface area contributed by atoms with E-state index in [9.17, 15) is 9.59 Å². The van der Waals surface area contributed by atoms with Crippen LogP contribution in [0.3, 0.4) is 0 Å². The fourth-order valence-corrected chi connectivity index (χ4v) is 3.69. The van der Waals surface area contributed by atoms with Crippen LogP contribution in [0, 0.1) is 0 Å². The van der Waals surface area contributed by atoms with Crippen LogP contribution in [0.2, 0.25) is 0 Å². The number of likely N-dealkylation sites (tertiary alicyclic amines) is 1. The molecule has 1 amide bonds. The van der Waals surface area contributed by atoms with Gasteiger partial charge in [0.25, 0.3) is 5.91 Å². The van der Waals surface area contributed by atoms with E-state index >= 15 is 0 Å². The van der Waals surface area contributed by atoms with Crippen molar-refractivity contribution in [1.82, 2.24) is 10.2 Å². The standard InChI is InChI=1S/C25H26N2O4/c28-22-15-23(31-18-24(22)30-17-20-9-5-2-6-10-20)25(29)26-21-11-13-27(14-12-21)16-19-7-3-1-4-8-19/h1-10,15,18,21H,11-14,16-17H2,(H,26,29). The normalized spacial score (nSPS) is 14.8. The first-order valence-electron chi connectivity index (χ1n) is 10.5. The van der Waals surface area contributed by atoms with Crippen molar-refractivity contribution in [2.24, 2.45) is 0 Å². The molecule has 160 valence electrons. The summed E-state index contributed by atoms with van der Waals surface area (Å²) < 4.78 is 10.9. The molecule has 2 heterocycles. The summed E-state index contributed by atoms with van der Waals surface area (Å²) in [6.45, 7) is 3.01. The van der Waals surface area contributed by atoms with E-state index in [4.69, 9.17) is 9.15 Å². The second-order valence-corrected chi connectivity index (χ2v) is 7.76. The summed E-state index contributed by atoms with van der Waals surface area (Å²) in [5.41, 5.74) is 1.87. The van der Waals surface area contributed by atoms with Crippen LogP contribution in [0.15, 0.2) is 82.2 Å². The molecule has 1 aliphatic rings. The molecule has 0 radical (unpaired) electrons. The lowest BCUT2D eigenvalue weighted by Crippen LogP contribution is -2.44. The van der Waals surface area contributed by atoms with Gasteiger partial charge in [0, 0.05) is 31.7 Å². The molecule has 0 bridgehead atoms. The van der Waals surface area contributed by atoms with Gasteiger partial charge in [-0.3, -0.25) is 14.5 Å². The summed E-state index contributed by atoms with van der Waals surface area (Å²) in [4.78, 5) is 27.2. The Morgan fingerprint density at radius 2 is 1.65 bits per heavy atom. The molecule has 0 spiro atoms. The van der Waals surface area contributed by atoms with Crippen LogP contribution in [0.5, 0.6) is 5.75 Å². The van der Waals surface area contributed by atoms with Crippen molar-refractivity contribution in [2.75, 3.05) is 13.1 Å². The number of ether oxygens (including phenoxy) is 1. The minimum Gasteiger partial charge on any atom is -0.482 e. The first-order valence-corrected chi connectivity index (χ1v) is 10.5. The fourth-order valence-electron chi connectivity index (χ4n) is 3.69. The van der Waals surface area contributed by atoms with Crippen molar-refractivity contribution in [3.05, 3.63) is 100 Å². The highest BCUT2D eigenvalue weighted by atomic mass is 16.5. The smallest absolute Gasteiger partial charge is 0.287 e. The number of benzene rings is 2. The second kappa shape index (κ2) is 10.1. The van der Waals surface area contributed by atoms with E-state index in [0.29, 0.717) is 0 Å². The van der Waals surface area contributed by atoms with Crippen LogP contribution in [0.4, 0.5) is 0 Å². The van der Waals surface area contributed by atoms with Gasteiger partial charge in [-0.1, -0.05) is 60.7 Å². The third kappa shape index (κ3) is 5.83. The molecule has 0 unspecified atom stereocenters. The summed E-state index contributed by atoms with van der Waals surface area (Å²) in [6.07, 6.45) is 2.94. The summed E-state index contributed by atoms with van der Waals surface area (Å²) in [5.74, 6) is -0.272. The number of amides is 1. The lowest BCUT2D eigenvalue weighted by molar-refractivity contribution is 0.0877. The molecular weight excluding hydrogens is 392 g/mol. The van der Waals surface area contributed by atoms with Gasteiger partial charge in [-0.25, -0.2) is 0 Å². The van der Waals surface area contributed by atoms with Crippen LogP contribution >= 0.6 is 0 Å². The highest BCUT2D eigenvalue weighted by molar-refractivity contribution is 5.91. The highest BCUT2D eigenvalue weighted by Gasteiger charge is 2.22. The largest absolute Gasteiger partial charge is 0.482 e. The van der Waals surface area contributed by atoms with Crippen LogP contribution in [0.1, 0.15) is 34.5 Å². The number of carbonyl (C=O) groups excluding carboxylic acids is 1. The summed E-state index contributed by atoms with van der Waals surface area (Å²) in [5, 5.41) is 2.99. The van der Waals surface area contributed by atoms with E-state index in [1.165, 1.54) is 17.9 Å². The molecule has 0 aliphatic carbocycles. The van der Waals surface area contributed by atoms with E-state index < -0.39 is 0 Å². The molecule has 6 nitrogen and oxygen atoms in total. The quantitative estimate of drug-likeness (QED) is 0.635. The Hall–Kier alpha value is -3.38. The summed E-state index contributed by atoms with van der Waals surface area (Å²) >= 11 is 0. The number of hydrogen-bond acceptors (Lipinski definition) is 5. The number of nitrogens with zero attached hydrogens (tertiary/aromatic N) is 1. The molecule has 6 heteroatoms. The molecule has 31 heavy (non-hydrogen) atoms. The molecule has 0 atom stereocenters. The maximum atomic E-state index is 12.5. The lowest BCUT2D eigenvalue weighted by Gasteiger charge is -2.32. The van der Waals surface area contributed by atoms with Crippen molar-refractivity contribution in [3.8, 4) is 5.75 Å². The van der Waals surface area contributed by atoms with Gasteiger partial charge in [0.15, 0.2) is 5.76 Å². The van der Waals surface area contributed by atoms with Gasteiger partial charge < -0.3 is 14.5 Å². The molecule has 1 aliphatic heterocycles. The third-order valence-corrected chi connectivity index (χ3v) is 5.43. The Morgan fingerprint density at radius 3 is 2.29 bits per heavy atom. The number of rotatable bonds is 7. The lowest BCUT2D eigenvalue weighted by atomic mass is 10.0. The van der Waals surface area contributed by atoms with Crippen LogP contribution in [0.25, 0.3) is 0 Å². The second-order valence-electron chi connectivity index (χ2n) is 7.76. The topological polar surface area (TPSA) is 71.8 Å². The molecule has 1 saturated heterocycles. The summed E-state index contributed by atoms with van der Waals surface area (Å²) in [6, 6.07) is 21.2. The number of nitrogens with one attached hydrogen (secondary N) is 1. The minimum atomic E-state index is -0.370. The van der Waals surface area contributed by atoms with Crippen LogP contribution in [-0.2, 0) is 13.2 Å². The fraction of sp³-hybridized carbons (Fsp3) is 0.280. The zero-order valence-corrected chi connectivity index (χ0v) is 17.3. The van der Waals surface area contributed by atoms with E-state index in [0.717, 1.165) is 38.0 Å². The molecule has 0 saturated carbocycles. The Balaban J connectivity index is 1.27. The first kappa shape index (κ1) is 20.9. The number of hydrogen-bond donors (Lipinski definition) is 1. The predicted molar refractivity (Wildman–Crippen MR) is 118 cm³/mol. The van der Waals surface area contributed by atoms with Crippen LogP contribution in [-0.4, -0.2) is 29.9 Å². The van der Waals surface area contributed by atoms with Crippen molar-refractivity contribution < 1.29 is 13.9 Å². The zero-order valence-electron chi connectivity index (χ0n) is 17.3. The van der Waals surface area contributed by atoms with E-state index in [1.54, 1.807) is 0 Å². The van der Waals surface area contributed by atoms with E-state index in [-0.39, 0.29) is 35.5 Å². The Morgan fingerprint density at radius 1 is 1.00 bits per heavy atom. The third-order valence-electron chi connectivity index (χ3n) is 5.43. The van der Waals surface area contributed by atoms with Crippen LogP contribution < -0.4 is 15.5 Å². The molecule has 4 rings (SSSR count). The maximum absolute atomic E-state index is 12.5. The van der Waals surface area contributed by atoms with Gasteiger partial charge >= 0.3 is 0 Å². The number of carbonyl (C=O) groups is 1. The average molecular weight is 418 g/mol. The van der Waals surface area contributed by atoms with Crippen molar-refractivity contribution in [3.63, 3.8) is 0 Å². The van der Waals surface area contributed by atoms with Gasteiger partial charge in [-0.2, -0.15) is 0 Å². The first-order chi connectivity index (χ1) is 15.2.